The fourth-order valence-electron chi connectivity index (χ4n) is 15.2. The van der Waals surface area contributed by atoms with Gasteiger partial charge >= 0.3 is 0 Å². The molecular weight excluding hydrogens is 1040 g/mol. The van der Waals surface area contributed by atoms with Gasteiger partial charge < -0.3 is 9.80 Å². The zero-order valence-electron chi connectivity index (χ0n) is 48.9. The monoisotopic (exact) mass is 1100 g/mol. The second-order valence-corrected chi connectivity index (χ2v) is 25.2. The Labute approximate surface area is 503 Å². The third-order valence-corrected chi connectivity index (χ3v) is 19.6. The Hall–Kier alpha value is -10.3. The molecule has 14 aromatic rings. The lowest BCUT2D eigenvalue weighted by molar-refractivity contribution is 0.660. The standard InChI is InChI=1S/C84H62N2/c1-83(2)77-27-15-13-25-69(77)71-41-33-61(49-79(71)83)81-73-43-39-68(86(65-37-31-55-19-7-11-23-59(55)47-65)66-38-32-56-20-8-12-24-60(56)48-66)52-76(73)82(62-34-42-72-70-26-14-16-28-78(70)84(3,4)80(72)50-62)74-44-40-67(51-75(74)81)85(63-35-29-53-17-5-9-21-57(53)45-63)64-36-30-54-18-6-10-22-58(54)46-64/h5-11,13-23,25-52H,12,24H2,1-4H3. The molecule has 0 spiro atoms. The van der Waals surface area contributed by atoms with Crippen LogP contribution in [0.25, 0.3) is 104 Å². The van der Waals surface area contributed by atoms with E-state index in [2.05, 4.69) is 317 Å². The van der Waals surface area contributed by atoms with E-state index in [9.17, 15) is 0 Å². The summed E-state index contributed by atoms with van der Waals surface area (Å²) in [6.45, 7) is 9.62. The topological polar surface area (TPSA) is 6.48 Å². The van der Waals surface area contributed by atoms with Crippen LogP contribution in [0.4, 0.5) is 34.1 Å². The van der Waals surface area contributed by atoms with Gasteiger partial charge in [-0.15, -0.1) is 0 Å². The number of rotatable bonds is 8. The van der Waals surface area contributed by atoms with Gasteiger partial charge in [0.2, 0.25) is 0 Å². The van der Waals surface area contributed by atoms with Crippen LogP contribution in [0.1, 0.15) is 67.5 Å². The zero-order valence-corrected chi connectivity index (χ0v) is 48.9. The fourth-order valence-corrected chi connectivity index (χ4v) is 15.2. The van der Waals surface area contributed by atoms with Crippen molar-refractivity contribution in [3.63, 3.8) is 0 Å². The molecule has 0 aromatic heterocycles. The highest BCUT2D eigenvalue weighted by molar-refractivity contribution is 6.23. The Morgan fingerprint density at radius 3 is 1.13 bits per heavy atom. The molecule has 408 valence electrons. The van der Waals surface area contributed by atoms with Gasteiger partial charge in [-0.05, 0) is 230 Å². The van der Waals surface area contributed by atoms with Gasteiger partial charge in [0.05, 0.1) is 0 Å². The average Bonchev–Trinajstić information content (AvgIpc) is 1.41. The minimum Gasteiger partial charge on any atom is -0.310 e. The lowest BCUT2D eigenvalue weighted by Gasteiger charge is -2.29. The molecule has 14 aromatic carbocycles. The normalized spacial score (nSPS) is 14.1. The molecule has 0 saturated carbocycles. The van der Waals surface area contributed by atoms with Crippen molar-refractivity contribution in [2.75, 3.05) is 9.80 Å². The van der Waals surface area contributed by atoms with Gasteiger partial charge in [0.25, 0.3) is 0 Å². The summed E-state index contributed by atoms with van der Waals surface area (Å²) in [5.74, 6) is 0. The van der Waals surface area contributed by atoms with Gasteiger partial charge in [-0.3, -0.25) is 0 Å². The molecule has 3 aliphatic carbocycles. The Morgan fingerprint density at radius 1 is 0.291 bits per heavy atom. The Morgan fingerprint density at radius 2 is 0.663 bits per heavy atom. The first-order valence-electron chi connectivity index (χ1n) is 30.5. The van der Waals surface area contributed by atoms with Gasteiger partial charge in [0.1, 0.15) is 0 Å². The summed E-state index contributed by atoms with van der Waals surface area (Å²) in [6, 6.07) is 102. The second-order valence-electron chi connectivity index (χ2n) is 25.2. The minimum atomic E-state index is -0.200. The second kappa shape index (κ2) is 19.1. The first-order chi connectivity index (χ1) is 42.1. The van der Waals surface area contributed by atoms with E-state index in [0.29, 0.717) is 0 Å². The summed E-state index contributed by atoms with van der Waals surface area (Å²) in [5, 5.41) is 12.1. The Kier molecular flexibility index (Phi) is 11.2. The van der Waals surface area contributed by atoms with Gasteiger partial charge in [-0.1, -0.05) is 222 Å². The highest BCUT2D eigenvalue weighted by Crippen LogP contribution is 2.55. The molecule has 0 N–H and O–H groups in total. The molecule has 2 nitrogen and oxygen atoms in total. The molecule has 0 fully saturated rings. The zero-order chi connectivity index (χ0) is 57.4. The van der Waals surface area contributed by atoms with Crippen LogP contribution in [0.3, 0.4) is 0 Å². The maximum absolute atomic E-state index is 2.54. The molecule has 3 aliphatic rings. The molecule has 2 heteroatoms. The number of anilines is 6. The van der Waals surface area contributed by atoms with E-state index in [-0.39, 0.29) is 10.8 Å². The van der Waals surface area contributed by atoms with Crippen molar-refractivity contribution in [2.45, 2.75) is 51.4 Å². The average molecular weight is 1100 g/mol. The van der Waals surface area contributed by atoms with Crippen molar-refractivity contribution in [1.29, 1.82) is 0 Å². The Balaban J connectivity index is 0.983. The van der Waals surface area contributed by atoms with Crippen LogP contribution in [-0.4, -0.2) is 0 Å². The highest BCUT2D eigenvalue weighted by Gasteiger charge is 2.37. The van der Waals surface area contributed by atoms with Gasteiger partial charge in [-0.25, -0.2) is 0 Å². The van der Waals surface area contributed by atoms with Crippen molar-refractivity contribution >= 4 is 94.1 Å². The van der Waals surface area contributed by atoms with E-state index in [0.717, 1.165) is 47.0 Å². The van der Waals surface area contributed by atoms with Crippen LogP contribution < -0.4 is 9.80 Å². The van der Waals surface area contributed by atoms with Crippen molar-refractivity contribution in [3.05, 3.63) is 306 Å². The fraction of sp³-hybridized carbons (Fsp3) is 0.0952. The van der Waals surface area contributed by atoms with E-state index in [4.69, 9.17) is 0 Å². The number of allylic oxidation sites excluding steroid dienone is 1. The van der Waals surface area contributed by atoms with Crippen LogP contribution in [0.5, 0.6) is 0 Å². The molecule has 0 radical (unpaired) electrons. The lowest BCUT2D eigenvalue weighted by Crippen LogP contribution is -2.15. The maximum atomic E-state index is 2.54. The number of fused-ring (bicyclic) bond motifs is 12. The van der Waals surface area contributed by atoms with Gasteiger partial charge in [-0.2, -0.15) is 0 Å². The smallest absolute Gasteiger partial charge is 0.0468 e. The molecule has 0 amide bonds. The molecule has 17 rings (SSSR count). The van der Waals surface area contributed by atoms with E-state index in [1.54, 1.807) is 0 Å². The highest BCUT2D eigenvalue weighted by atomic mass is 15.1. The summed E-state index contributed by atoms with van der Waals surface area (Å²) in [4.78, 5) is 4.98. The predicted molar refractivity (Wildman–Crippen MR) is 367 cm³/mol. The van der Waals surface area contributed by atoms with Crippen LogP contribution >= 0.6 is 0 Å². The van der Waals surface area contributed by atoms with Crippen LogP contribution in [-0.2, 0) is 17.3 Å². The summed E-state index contributed by atoms with van der Waals surface area (Å²) < 4.78 is 0. The third kappa shape index (κ3) is 7.79. The molecule has 0 aliphatic heterocycles. The largest absolute Gasteiger partial charge is 0.310 e. The maximum Gasteiger partial charge on any atom is 0.0468 e. The summed E-state index contributed by atoms with van der Waals surface area (Å²) in [6.07, 6.45) is 6.66. The number of aryl methyl sites for hydroxylation is 1. The quantitative estimate of drug-likeness (QED) is 0.140. The lowest BCUT2D eigenvalue weighted by atomic mass is 9.79. The molecule has 0 unspecified atom stereocenters. The summed E-state index contributed by atoms with van der Waals surface area (Å²) in [5.41, 5.74) is 24.6. The van der Waals surface area contributed by atoms with Crippen LogP contribution in [0.2, 0.25) is 0 Å². The van der Waals surface area contributed by atoms with Crippen molar-refractivity contribution in [1.82, 2.24) is 0 Å². The predicted octanol–water partition coefficient (Wildman–Crippen LogP) is 23.3. The number of nitrogens with zero attached hydrogens (tertiary/aromatic N) is 2. The van der Waals surface area contributed by atoms with E-state index in [1.165, 1.54) is 132 Å². The third-order valence-electron chi connectivity index (χ3n) is 19.6. The van der Waals surface area contributed by atoms with E-state index < -0.39 is 0 Å². The first kappa shape index (κ1) is 50.3. The molecule has 0 heterocycles. The van der Waals surface area contributed by atoms with Crippen LogP contribution in [0.15, 0.2) is 273 Å². The summed E-state index contributed by atoms with van der Waals surface area (Å²) in [7, 11) is 0. The van der Waals surface area contributed by atoms with Gasteiger partial charge in [0.15, 0.2) is 0 Å². The van der Waals surface area contributed by atoms with Gasteiger partial charge in [0, 0.05) is 45.0 Å². The number of hydrogen-bond donors (Lipinski definition) is 0. The van der Waals surface area contributed by atoms with E-state index in [1.807, 2.05) is 0 Å². The first-order valence-corrected chi connectivity index (χ1v) is 30.5. The van der Waals surface area contributed by atoms with Crippen LogP contribution in [0, 0.1) is 0 Å². The molecule has 86 heavy (non-hydrogen) atoms. The summed E-state index contributed by atoms with van der Waals surface area (Å²) >= 11 is 0. The molecule has 0 bridgehead atoms. The van der Waals surface area contributed by atoms with Crippen molar-refractivity contribution in [3.8, 4) is 44.5 Å². The van der Waals surface area contributed by atoms with E-state index >= 15 is 0 Å². The van der Waals surface area contributed by atoms with Crippen molar-refractivity contribution in [2.24, 2.45) is 0 Å². The Bertz CT molecular complexity index is 5130. The number of benzene rings is 14. The molecule has 0 saturated heterocycles. The SMILES string of the molecule is CC1(C)c2ccccc2-c2ccc(-c3c4ccc(N(c5ccc6ccccc6c5)c5ccc6ccccc6c5)cc4c(-c4ccc5c(c4)C(C)(C)c4ccccc4-5)c4ccc(N(c5ccc6c(c5)CCC=C6)c5ccc6ccccc6c5)cc34)cc21. The van der Waals surface area contributed by atoms with Crippen molar-refractivity contribution < 1.29 is 0 Å². The molecular formula is C84H62N2. The molecule has 0 atom stereocenters. The number of hydrogen-bond acceptors (Lipinski definition) is 2. The minimum absolute atomic E-state index is 0.199.